The molecule has 0 bridgehead atoms. The summed E-state index contributed by atoms with van der Waals surface area (Å²) in [6, 6.07) is -3.24. The number of ether oxygens (including phenoxy) is 9. The van der Waals surface area contributed by atoms with E-state index in [1.54, 1.807) is 0 Å². The van der Waals surface area contributed by atoms with Crippen molar-refractivity contribution in [3.05, 3.63) is 0 Å². The molecule has 5 aliphatic rings. The first kappa shape index (κ1) is 49.1. The molecule has 2 amide bonds. The number of hydrogen-bond acceptors (Lipinski definition) is 24. The van der Waals surface area contributed by atoms with Crippen LogP contribution in [0.1, 0.15) is 27.7 Å². The van der Waals surface area contributed by atoms with Crippen LogP contribution in [-0.4, -0.2) is 251 Å². The van der Waals surface area contributed by atoms with Crippen LogP contribution in [0, 0.1) is 0 Å². The Morgan fingerprint density at radius 2 is 0.867 bits per heavy atom. The number of rotatable bonds is 13. The summed E-state index contributed by atoms with van der Waals surface area (Å²) in [5.74, 6) is -1.51. The number of carbonyl (C=O) groups is 2. The summed E-state index contributed by atoms with van der Waals surface area (Å²) < 4.78 is 53.1. The Hall–Kier alpha value is -1.94. The number of amides is 2. The van der Waals surface area contributed by atoms with Gasteiger partial charge in [-0.1, -0.05) is 0 Å². The standard InChI is InChI=1S/C34H58N2O24/c1-8-17(42)22(47)24(49)32(52-8)58-27-16(36-11(4)41)30(51)54-14(7-39)26(27)57-34-29(60-33-25(50)23(48)18(43)9(2)53-33)28(20(45)13(6-38)56-34)59-31-15(35-10(3)40)21(46)19(44)12(5-37)55-31/h8-9,12-34,37-39,42-51H,5-7H2,1-4H3,(H,35,40)(H,36,41)/t8-,9-,12+,13+,14+,15+,16+,17+,18+,19-,20-,21+,22+,23+,24-,25-,26+,27+,28-,29+,30+,31+,32?,33-,34-/m0/s1. The Morgan fingerprint density at radius 1 is 0.433 bits per heavy atom. The molecule has 0 aliphatic carbocycles. The highest BCUT2D eigenvalue weighted by molar-refractivity contribution is 5.73. The van der Waals surface area contributed by atoms with Crippen LogP contribution >= 0.6 is 0 Å². The molecule has 0 aromatic rings. The smallest absolute Gasteiger partial charge is 0.217 e. The van der Waals surface area contributed by atoms with E-state index in [9.17, 15) is 76.0 Å². The van der Waals surface area contributed by atoms with Crippen molar-refractivity contribution in [2.45, 2.75) is 181 Å². The van der Waals surface area contributed by atoms with Crippen molar-refractivity contribution in [3.63, 3.8) is 0 Å². The summed E-state index contributed by atoms with van der Waals surface area (Å²) in [6.07, 6.45) is -40.7. The Balaban J connectivity index is 1.59. The first-order chi connectivity index (χ1) is 28.2. The highest BCUT2D eigenvalue weighted by atomic mass is 16.8. The van der Waals surface area contributed by atoms with Gasteiger partial charge in [-0.3, -0.25) is 9.59 Å². The van der Waals surface area contributed by atoms with E-state index < -0.39 is 185 Å². The topological polar surface area (TPSA) is 404 Å². The second-order valence-electron chi connectivity index (χ2n) is 15.4. The largest absolute Gasteiger partial charge is 0.394 e. The average molecular weight is 879 g/mol. The molecule has 1 unspecified atom stereocenters. The highest BCUT2D eigenvalue weighted by Crippen LogP contribution is 2.37. The molecule has 0 saturated carbocycles. The minimum absolute atomic E-state index is 0.751. The fourth-order valence-electron chi connectivity index (χ4n) is 7.69. The molecule has 5 saturated heterocycles. The van der Waals surface area contributed by atoms with Gasteiger partial charge in [-0.25, -0.2) is 0 Å². The fourth-order valence-corrected chi connectivity index (χ4v) is 7.69. The SMILES string of the molecule is CC(=O)N[C@@H]1[C@@H](OC2O[C@@H](C)[C@@H](O)[C@@H](O)[C@@H]2O)[C@H](O[C@@H]2O[C@H](CO)[C@H](O)[C@H](O[C@H]3O[C@H](CO)[C@H](O)[C@H](O)[C@H]3NC(C)=O)[C@H]2O[C@@H]2O[C@@H](C)[C@@H](O)[C@@H](O)[C@@H]2O)[C@@H](CO)O[C@H]1O. The second-order valence-corrected chi connectivity index (χ2v) is 15.4. The van der Waals surface area contributed by atoms with Crippen LogP contribution in [-0.2, 0) is 52.2 Å². The maximum atomic E-state index is 12.4. The zero-order valence-corrected chi connectivity index (χ0v) is 32.9. The second kappa shape index (κ2) is 20.7. The predicted molar refractivity (Wildman–Crippen MR) is 187 cm³/mol. The molecule has 5 rings (SSSR count). The third-order valence-electron chi connectivity index (χ3n) is 11.0. The molecule has 26 nitrogen and oxygen atoms in total. The van der Waals surface area contributed by atoms with Crippen molar-refractivity contribution in [1.82, 2.24) is 10.6 Å². The Kier molecular flexibility index (Phi) is 16.9. The summed E-state index contributed by atoms with van der Waals surface area (Å²) in [5.41, 5.74) is 0. The quantitative estimate of drug-likeness (QED) is 0.0817. The van der Waals surface area contributed by atoms with Gasteiger partial charge in [0.25, 0.3) is 0 Å². The van der Waals surface area contributed by atoms with E-state index in [1.165, 1.54) is 13.8 Å². The first-order valence-corrected chi connectivity index (χ1v) is 19.3. The molecule has 0 aromatic carbocycles. The van der Waals surface area contributed by atoms with Gasteiger partial charge in [-0.05, 0) is 13.8 Å². The van der Waals surface area contributed by atoms with Crippen molar-refractivity contribution >= 4 is 11.8 Å². The predicted octanol–water partition coefficient (Wildman–Crippen LogP) is -9.58. The van der Waals surface area contributed by atoms with E-state index in [4.69, 9.17) is 42.6 Å². The van der Waals surface area contributed by atoms with E-state index in [0.29, 0.717) is 0 Å². The minimum atomic E-state index is -2.04. The summed E-state index contributed by atoms with van der Waals surface area (Å²) in [7, 11) is 0. The molecule has 5 heterocycles. The normalized spacial score (nSPS) is 50.2. The summed E-state index contributed by atoms with van der Waals surface area (Å²) in [5, 5.41) is 144. The van der Waals surface area contributed by atoms with Crippen molar-refractivity contribution < 1.29 is 119 Å². The highest BCUT2D eigenvalue weighted by Gasteiger charge is 2.58. The van der Waals surface area contributed by atoms with E-state index in [0.717, 1.165) is 13.8 Å². The minimum Gasteiger partial charge on any atom is -0.394 e. The van der Waals surface area contributed by atoms with Crippen LogP contribution < -0.4 is 10.6 Å². The van der Waals surface area contributed by atoms with E-state index in [1.807, 2.05) is 0 Å². The van der Waals surface area contributed by atoms with Gasteiger partial charge >= 0.3 is 0 Å². The van der Waals surface area contributed by atoms with Crippen molar-refractivity contribution in [1.29, 1.82) is 0 Å². The van der Waals surface area contributed by atoms with Gasteiger partial charge < -0.3 is 120 Å². The zero-order chi connectivity index (χ0) is 44.5. The van der Waals surface area contributed by atoms with Crippen LogP contribution in [0.25, 0.3) is 0 Å². The van der Waals surface area contributed by atoms with Crippen LogP contribution in [0.15, 0.2) is 0 Å². The molecule has 0 spiro atoms. The van der Waals surface area contributed by atoms with Crippen LogP contribution in [0.2, 0.25) is 0 Å². The van der Waals surface area contributed by atoms with Gasteiger partial charge in [0.15, 0.2) is 31.5 Å². The van der Waals surface area contributed by atoms with Gasteiger partial charge in [0.2, 0.25) is 11.8 Å². The number of aliphatic hydroxyl groups excluding tert-OH is 13. The molecule has 5 fully saturated rings. The molecule has 26 heteroatoms. The third kappa shape index (κ3) is 10.4. The lowest BCUT2D eigenvalue weighted by Crippen LogP contribution is -2.71. The Bertz CT molecular complexity index is 1410. The maximum absolute atomic E-state index is 12.4. The van der Waals surface area contributed by atoms with Gasteiger partial charge in [0, 0.05) is 13.8 Å². The molecule has 0 aromatic heterocycles. The molecule has 25 atom stereocenters. The molecule has 15 N–H and O–H groups in total. The van der Waals surface area contributed by atoms with Gasteiger partial charge in [0.05, 0.1) is 32.0 Å². The number of nitrogens with one attached hydrogen (secondary N) is 2. The monoisotopic (exact) mass is 878 g/mol. The lowest BCUT2D eigenvalue weighted by molar-refractivity contribution is -0.403. The van der Waals surface area contributed by atoms with Crippen LogP contribution in [0.4, 0.5) is 0 Å². The van der Waals surface area contributed by atoms with Crippen LogP contribution in [0.5, 0.6) is 0 Å². The number of aliphatic hydroxyl groups is 13. The number of carbonyl (C=O) groups excluding carboxylic acids is 2. The van der Waals surface area contributed by atoms with Crippen molar-refractivity contribution in [2.24, 2.45) is 0 Å². The molecular formula is C34H58N2O24. The molecule has 0 radical (unpaired) electrons. The van der Waals surface area contributed by atoms with E-state index >= 15 is 0 Å². The summed E-state index contributed by atoms with van der Waals surface area (Å²) in [4.78, 5) is 24.6. The lowest BCUT2D eigenvalue weighted by Gasteiger charge is -2.52. The first-order valence-electron chi connectivity index (χ1n) is 19.3. The average Bonchev–Trinajstić information content (AvgIpc) is 3.20. The third-order valence-corrected chi connectivity index (χ3v) is 11.0. The van der Waals surface area contributed by atoms with Crippen LogP contribution in [0.3, 0.4) is 0 Å². The Labute approximate surface area is 342 Å². The lowest BCUT2D eigenvalue weighted by atomic mass is 9.93. The van der Waals surface area contributed by atoms with Gasteiger partial charge in [-0.2, -0.15) is 0 Å². The zero-order valence-electron chi connectivity index (χ0n) is 32.9. The Morgan fingerprint density at radius 3 is 1.37 bits per heavy atom. The van der Waals surface area contributed by atoms with E-state index in [2.05, 4.69) is 10.6 Å². The summed E-state index contributed by atoms with van der Waals surface area (Å²) >= 11 is 0. The maximum Gasteiger partial charge on any atom is 0.217 e. The molecule has 60 heavy (non-hydrogen) atoms. The van der Waals surface area contributed by atoms with Gasteiger partial charge in [0.1, 0.15) is 110 Å². The molecule has 5 aliphatic heterocycles. The summed E-state index contributed by atoms with van der Waals surface area (Å²) in [6.45, 7) is 1.96. The fraction of sp³-hybridized carbons (Fsp3) is 0.941. The molecular weight excluding hydrogens is 820 g/mol. The van der Waals surface area contributed by atoms with E-state index in [-0.39, 0.29) is 0 Å². The number of hydrogen-bond donors (Lipinski definition) is 15. The van der Waals surface area contributed by atoms with Gasteiger partial charge in [-0.15, -0.1) is 0 Å². The van der Waals surface area contributed by atoms with Crippen molar-refractivity contribution in [2.75, 3.05) is 19.8 Å². The molecule has 348 valence electrons. The van der Waals surface area contributed by atoms with Crippen molar-refractivity contribution in [3.8, 4) is 0 Å².